The van der Waals surface area contributed by atoms with E-state index in [1.807, 2.05) is 0 Å². The SMILES string of the molecule is CC/C=C\C/C=C\C/C=C\C/C=C\C/C=C\C/C=C\C/C=C\CCCCCCCCCCCCCC(=O)OCC(COC(=O)CCCCCCCCC)OC(=O)CCCCCCCCC/C=C\CCCCCCCC. The zero-order chi connectivity index (χ0) is 54.3. The minimum absolute atomic E-state index is 0.0771. The topological polar surface area (TPSA) is 78.9 Å². The van der Waals surface area contributed by atoms with Gasteiger partial charge in [-0.25, -0.2) is 0 Å². The van der Waals surface area contributed by atoms with Crippen LogP contribution in [0, 0.1) is 0 Å². The summed E-state index contributed by atoms with van der Waals surface area (Å²) in [4.78, 5) is 38.0. The van der Waals surface area contributed by atoms with Crippen LogP contribution in [0.3, 0.4) is 0 Å². The Kier molecular flexibility index (Phi) is 59.8. The van der Waals surface area contributed by atoms with Crippen LogP contribution in [0.15, 0.2) is 97.2 Å². The van der Waals surface area contributed by atoms with Crippen LogP contribution in [0.1, 0.15) is 303 Å². The van der Waals surface area contributed by atoms with Gasteiger partial charge >= 0.3 is 17.9 Å². The average molecular weight is 1040 g/mol. The highest BCUT2D eigenvalue weighted by atomic mass is 16.6. The Labute approximate surface area is 464 Å². The Balaban J connectivity index is 4.09. The van der Waals surface area contributed by atoms with Crippen LogP contribution >= 0.6 is 0 Å². The minimum atomic E-state index is -0.777. The summed E-state index contributed by atoms with van der Waals surface area (Å²) < 4.78 is 16.8. The predicted octanol–water partition coefficient (Wildman–Crippen LogP) is 21.7. The third-order valence-electron chi connectivity index (χ3n) is 13.6. The normalized spacial score (nSPS) is 12.7. The summed E-state index contributed by atoms with van der Waals surface area (Å²) in [5, 5.41) is 0. The molecule has 1 atom stereocenters. The van der Waals surface area contributed by atoms with E-state index in [0.717, 1.165) is 103 Å². The van der Waals surface area contributed by atoms with Crippen molar-refractivity contribution in [3.05, 3.63) is 97.2 Å². The number of unbranched alkanes of at least 4 members (excludes halogenated alkanes) is 30. The van der Waals surface area contributed by atoms with Gasteiger partial charge in [-0.3, -0.25) is 14.4 Å². The second kappa shape index (κ2) is 62.9. The standard InChI is InChI=1S/C69H118O6/c1-4-7-10-13-16-18-20-22-24-26-27-28-29-30-31-32-33-34-35-36-37-38-39-40-41-43-44-46-48-50-53-56-59-62-68(71)74-65-66(64-73-67(70)61-58-55-52-15-12-9-6-3)75-69(72)63-60-57-54-51-49-47-45-42-25-23-21-19-17-14-11-8-5-2/h7,10,16,18,22-25,27-28,30-31,33-34,36-37,66H,4-6,8-9,11-15,17,19-21,26,29,32,35,38-65H2,1-3H3/b10-7-,18-16-,24-22-,25-23-,28-27-,31-30-,34-33-,37-36-. The lowest BCUT2D eigenvalue weighted by Crippen LogP contribution is -2.30. The van der Waals surface area contributed by atoms with Crippen molar-refractivity contribution in [3.63, 3.8) is 0 Å². The molecule has 430 valence electrons. The number of allylic oxidation sites excluding steroid dienone is 16. The fourth-order valence-electron chi connectivity index (χ4n) is 8.83. The van der Waals surface area contributed by atoms with Crippen molar-refractivity contribution < 1.29 is 28.6 Å². The van der Waals surface area contributed by atoms with Crippen molar-refractivity contribution in [3.8, 4) is 0 Å². The quantitative estimate of drug-likeness (QED) is 0.0261. The number of esters is 3. The lowest BCUT2D eigenvalue weighted by Gasteiger charge is -2.18. The van der Waals surface area contributed by atoms with Gasteiger partial charge in [0.1, 0.15) is 13.2 Å². The van der Waals surface area contributed by atoms with Gasteiger partial charge in [-0.2, -0.15) is 0 Å². The molecule has 0 spiro atoms. The highest BCUT2D eigenvalue weighted by Crippen LogP contribution is 2.16. The fourth-order valence-corrected chi connectivity index (χ4v) is 8.83. The highest BCUT2D eigenvalue weighted by molar-refractivity contribution is 5.71. The number of rotatable bonds is 57. The van der Waals surface area contributed by atoms with Gasteiger partial charge in [0.15, 0.2) is 6.10 Å². The molecular formula is C69H118O6. The van der Waals surface area contributed by atoms with E-state index >= 15 is 0 Å². The molecule has 0 rings (SSSR count). The molecule has 0 aromatic carbocycles. The number of carbonyl (C=O) groups excluding carboxylic acids is 3. The molecular weight excluding hydrogens is 925 g/mol. The van der Waals surface area contributed by atoms with Crippen LogP contribution in [0.4, 0.5) is 0 Å². The molecule has 6 heteroatoms. The van der Waals surface area contributed by atoms with Gasteiger partial charge in [-0.05, 0) is 103 Å². The smallest absolute Gasteiger partial charge is 0.306 e. The molecule has 0 fully saturated rings. The van der Waals surface area contributed by atoms with Crippen LogP contribution in [-0.4, -0.2) is 37.2 Å². The zero-order valence-corrected chi connectivity index (χ0v) is 49.3. The maximum absolute atomic E-state index is 12.8. The first-order chi connectivity index (χ1) is 37.0. The third-order valence-corrected chi connectivity index (χ3v) is 13.6. The summed E-state index contributed by atoms with van der Waals surface area (Å²) in [5.41, 5.74) is 0. The first-order valence-corrected chi connectivity index (χ1v) is 31.7. The van der Waals surface area contributed by atoms with Gasteiger partial charge in [0.25, 0.3) is 0 Å². The van der Waals surface area contributed by atoms with E-state index < -0.39 is 6.10 Å². The Hall–Kier alpha value is -3.67. The van der Waals surface area contributed by atoms with Crippen LogP contribution in [0.2, 0.25) is 0 Å². The van der Waals surface area contributed by atoms with E-state index in [1.165, 1.54) is 161 Å². The lowest BCUT2D eigenvalue weighted by molar-refractivity contribution is -0.167. The van der Waals surface area contributed by atoms with Gasteiger partial charge in [0, 0.05) is 19.3 Å². The largest absolute Gasteiger partial charge is 0.462 e. The lowest BCUT2D eigenvalue weighted by atomic mass is 10.0. The molecule has 6 nitrogen and oxygen atoms in total. The van der Waals surface area contributed by atoms with E-state index in [-0.39, 0.29) is 31.1 Å². The molecule has 0 N–H and O–H groups in total. The molecule has 0 radical (unpaired) electrons. The van der Waals surface area contributed by atoms with E-state index in [4.69, 9.17) is 14.2 Å². The van der Waals surface area contributed by atoms with Crippen molar-refractivity contribution in [2.75, 3.05) is 13.2 Å². The molecule has 0 saturated heterocycles. The van der Waals surface area contributed by atoms with Gasteiger partial charge in [-0.15, -0.1) is 0 Å². The summed E-state index contributed by atoms with van der Waals surface area (Å²) in [6, 6.07) is 0. The Morgan fingerprint density at radius 2 is 0.520 bits per heavy atom. The van der Waals surface area contributed by atoms with Crippen molar-refractivity contribution >= 4 is 17.9 Å². The second-order valence-corrected chi connectivity index (χ2v) is 20.9. The van der Waals surface area contributed by atoms with Crippen LogP contribution < -0.4 is 0 Å². The summed E-state index contributed by atoms with van der Waals surface area (Å²) in [5.74, 6) is -0.883. The second-order valence-electron chi connectivity index (χ2n) is 20.9. The van der Waals surface area contributed by atoms with Crippen molar-refractivity contribution in [1.29, 1.82) is 0 Å². The monoisotopic (exact) mass is 1040 g/mol. The summed E-state index contributed by atoms with van der Waals surface area (Å²) in [7, 11) is 0. The molecule has 0 aromatic heterocycles. The molecule has 75 heavy (non-hydrogen) atoms. The maximum Gasteiger partial charge on any atom is 0.306 e. The van der Waals surface area contributed by atoms with Crippen LogP contribution in [-0.2, 0) is 28.6 Å². The van der Waals surface area contributed by atoms with Crippen molar-refractivity contribution in [2.24, 2.45) is 0 Å². The number of hydrogen-bond acceptors (Lipinski definition) is 6. The van der Waals surface area contributed by atoms with Crippen molar-refractivity contribution in [2.45, 2.75) is 309 Å². The van der Waals surface area contributed by atoms with E-state index in [0.29, 0.717) is 19.3 Å². The van der Waals surface area contributed by atoms with E-state index in [1.54, 1.807) is 0 Å². The molecule has 0 bridgehead atoms. The Morgan fingerprint density at radius 3 is 0.827 bits per heavy atom. The highest BCUT2D eigenvalue weighted by Gasteiger charge is 2.19. The summed E-state index contributed by atoms with van der Waals surface area (Å²) >= 11 is 0. The fraction of sp³-hybridized carbons (Fsp3) is 0.725. The maximum atomic E-state index is 12.8. The molecule has 0 aliphatic carbocycles. The van der Waals surface area contributed by atoms with E-state index in [2.05, 4.69) is 118 Å². The number of ether oxygens (including phenoxy) is 3. The van der Waals surface area contributed by atoms with Crippen LogP contribution in [0.25, 0.3) is 0 Å². The van der Waals surface area contributed by atoms with Crippen molar-refractivity contribution in [1.82, 2.24) is 0 Å². The van der Waals surface area contributed by atoms with Gasteiger partial charge in [0.05, 0.1) is 0 Å². The summed E-state index contributed by atoms with van der Waals surface area (Å²) in [6.45, 7) is 6.49. The van der Waals surface area contributed by atoms with Gasteiger partial charge < -0.3 is 14.2 Å². The first kappa shape index (κ1) is 71.3. The van der Waals surface area contributed by atoms with Crippen LogP contribution in [0.5, 0.6) is 0 Å². The van der Waals surface area contributed by atoms with E-state index in [9.17, 15) is 14.4 Å². The molecule has 0 aromatic rings. The minimum Gasteiger partial charge on any atom is -0.462 e. The Bertz CT molecular complexity index is 1480. The average Bonchev–Trinajstić information content (AvgIpc) is 3.41. The first-order valence-electron chi connectivity index (χ1n) is 31.7. The zero-order valence-electron chi connectivity index (χ0n) is 49.3. The number of hydrogen-bond donors (Lipinski definition) is 0. The molecule has 1 unspecified atom stereocenters. The summed E-state index contributed by atoms with van der Waals surface area (Å²) in [6.07, 6.45) is 84.4. The van der Waals surface area contributed by atoms with Gasteiger partial charge in [-0.1, -0.05) is 279 Å². The molecule has 0 saturated carbocycles. The predicted molar refractivity (Wildman–Crippen MR) is 325 cm³/mol. The molecule has 0 aliphatic heterocycles. The van der Waals surface area contributed by atoms with Gasteiger partial charge in [0.2, 0.25) is 0 Å². The molecule has 0 amide bonds. The third kappa shape index (κ3) is 61.1. The number of carbonyl (C=O) groups is 3. The molecule has 0 aliphatic rings. The molecule has 0 heterocycles. The Morgan fingerprint density at radius 1 is 0.280 bits per heavy atom.